The van der Waals surface area contributed by atoms with E-state index in [0.717, 1.165) is 19.1 Å². The predicted octanol–water partition coefficient (Wildman–Crippen LogP) is 4.32. The number of nitrogens with two attached hydrogens (primary N) is 2. The van der Waals surface area contributed by atoms with Gasteiger partial charge in [0.05, 0.1) is 11.2 Å². The van der Waals surface area contributed by atoms with E-state index in [0.29, 0.717) is 47.1 Å². The van der Waals surface area contributed by atoms with Gasteiger partial charge in [0.2, 0.25) is 0 Å². The first kappa shape index (κ1) is 22.2. The Morgan fingerprint density at radius 1 is 1.17 bits per heavy atom. The van der Waals surface area contributed by atoms with Crippen LogP contribution < -0.4 is 16.4 Å². The number of hydrogen-bond donors (Lipinski definition) is 4. The third kappa shape index (κ3) is 4.49. The van der Waals surface area contributed by atoms with Gasteiger partial charge in [0.1, 0.15) is 5.70 Å². The molecule has 0 saturated carbocycles. The molecule has 29 heavy (non-hydrogen) atoms. The molecular formula is C20H25F3N6. The van der Waals surface area contributed by atoms with Crippen molar-refractivity contribution < 1.29 is 13.2 Å². The van der Waals surface area contributed by atoms with E-state index in [1.807, 2.05) is 18.7 Å². The third-order valence-corrected chi connectivity index (χ3v) is 4.52. The fraction of sp³-hybridized carbons (Fsp3) is 0.350. The van der Waals surface area contributed by atoms with Crippen LogP contribution in [0.1, 0.15) is 37.9 Å². The van der Waals surface area contributed by atoms with Gasteiger partial charge in [-0.1, -0.05) is 13.8 Å². The summed E-state index contributed by atoms with van der Waals surface area (Å²) in [6, 6.07) is 4.67. The number of rotatable bonds is 8. The lowest BCUT2D eigenvalue weighted by Crippen LogP contribution is -2.26. The Morgan fingerprint density at radius 3 is 2.28 bits per heavy atom. The maximum Gasteiger partial charge on any atom is 0.431 e. The summed E-state index contributed by atoms with van der Waals surface area (Å²) in [4.78, 5) is 6.35. The second kappa shape index (κ2) is 8.93. The SMILES string of the molecule is CCCN(CCC)c1cc(C(C=N)=C(N)C(F)(F)F)nc2ccc(N)c(C=N)c12. The van der Waals surface area contributed by atoms with Crippen LogP contribution in [0.3, 0.4) is 0 Å². The Balaban J connectivity index is 2.94. The molecule has 0 fully saturated rings. The highest BCUT2D eigenvalue weighted by atomic mass is 19.4. The van der Waals surface area contributed by atoms with Gasteiger partial charge in [0.25, 0.3) is 0 Å². The Morgan fingerprint density at radius 2 is 1.79 bits per heavy atom. The van der Waals surface area contributed by atoms with Crippen LogP contribution in [-0.4, -0.2) is 36.7 Å². The molecule has 2 aromatic rings. The van der Waals surface area contributed by atoms with E-state index in [2.05, 4.69) is 4.98 Å². The maximum atomic E-state index is 13.2. The molecule has 0 saturated heterocycles. The van der Waals surface area contributed by atoms with Gasteiger partial charge in [-0.15, -0.1) is 0 Å². The van der Waals surface area contributed by atoms with E-state index in [-0.39, 0.29) is 5.69 Å². The van der Waals surface area contributed by atoms with E-state index in [9.17, 15) is 13.2 Å². The molecule has 1 aromatic heterocycles. The number of pyridine rings is 1. The van der Waals surface area contributed by atoms with Crippen LogP contribution in [0.25, 0.3) is 16.5 Å². The number of allylic oxidation sites excluding steroid dienone is 2. The fourth-order valence-electron chi connectivity index (χ4n) is 3.23. The molecule has 0 spiro atoms. The molecule has 6 N–H and O–H groups in total. The van der Waals surface area contributed by atoms with Crippen LogP contribution in [0.2, 0.25) is 0 Å². The normalized spacial score (nSPS) is 12.6. The molecule has 0 bridgehead atoms. The molecule has 0 radical (unpaired) electrons. The highest BCUT2D eigenvalue weighted by Gasteiger charge is 2.34. The smallest absolute Gasteiger partial charge is 0.398 e. The van der Waals surface area contributed by atoms with Crippen LogP contribution in [0.15, 0.2) is 23.9 Å². The van der Waals surface area contributed by atoms with Crippen molar-refractivity contribution in [1.82, 2.24) is 4.98 Å². The zero-order chi connectivity index (χ0) is 21.8. The van der Waals surface area contributed by atoms with Crippen molar-refractivity contribution in [3.05, 3.63) is 35.2 Å². The van der Waals surface area contributed by atoms with Crippen LogP contribution in [0.5, 0.6) is 0 Å². The first-order chi connectivity index (χ1) is 13.7. The summed E-state index contributed by atoms with van der Waals surface area (Å²) >= 11 is 0. The molecule has 0 unspecified atom stereocenters. The second-order valence-electron chi connectivity index (χ2n) is 6.59. The van der Waals surface area contributed by atoms with Crippen molar-refractivity contribution in [1.29, 1.82) is 10.8 Å². The molecule has 0 aliphatic rings. The molecule has 0 aliphatic carbocycles. The molecule has 0 aliphatic heterocycles. The Kier molecular flexibility index (Phi) is 6.84. The van der Waals surface area contributed by atoms with Crippen LogP contribution in [-0.2, 0) is 0 Å². The number of nitrogens with one attached hydrogen (secondary N) is 2. The van der Waals surface area contributed by atoms with Crippen molar-refractivity contribution in [3.63, 3.8) is 0 Å². The number of benzene rings is 1. The van der Waals surface area contributed by atoms with E-state index < -0.39 is 17.4 Å². The van der Waals surface area contributed by atoms with Crippen molar-refractivity contribution in [3.8, 4) is 0 Å². The summed E-state index contributed by atoms with van der Waals surface area (Å²) in [5, 5.41) is 15.9. The molecule has 1 heterocycles. The largest absolute Gasteiger partial charge is 0.431 e. The number of aromatic nitrogens is 1. The minimum absolute atomic E-state index is 0.0461. The van der Waals surface area contributed by atoms with Gasteiger partial charge in [-0.25, -0.2) is 4.98 Å². The second-order valence-corrected chi connectivity index (χ2v) is 6.59. The third-order valence-electron chi connectivity index (χ3n) is 4.52. The number of alkyl halides is 3. The lowest BCUT2D eigenvalue weighted by Gasteiger charge is -2.27. The molecule has 2 rings (SSSR count). The van der Waals surface area contributed by atoms with Gasteiger partial charge in [-0.05, 0) is 31.0 Å². The fourth-order valence-corrected chi connectivity index (χ4v) is 3.23. The van der Waals surface area contributed by atoms with E-state index in [1.54, 1.807) is 12.1 Å². The van der Waals surface area contributed by atoms with Crippen molar-refractivity contribution in [2.45, 2.75) is 32.9 Å². The molecule has 6 nitrogen and oxygen atoms in total. The quantitative estimate of drug-likeness (QED) is 0.386. The number of fused-ring (bicyclic) bond motifs is 1. The number of anilines is 2. The van der Waals surface area contributed by atoms with Gasteiger partial charge in [0.15, 0.2) is 0 Å². The zero-order valence-corrected chi connectivity index (χ0v) is 16.4. The molecule has 1 aromatic carbocycles. The standard InChI is InChI=1S/C20H25F3N6/c1-3-7-29(8-4-2)17-9-16(13(11-25)19(27)20(21,22)23)28-15-6-5-14(26)12(10-24)18(15)17/h5-6,9-11,24-25H,3-4,7-8,26-27H2,1-2H3. The summed E-state index contributed by atoms with van der Waals surface area (Å²) in [5.74, 6) is 0. The van der Waals surface area contributed by atoms with Crippen molar-refractivity contribution >= 4 is 40.3 Å². The number of hydrogen-bond acceptors (Lipinski definition) is 6. The number of halogens is 3. The summed E-state index contributed by atoms with van der Waals surface area (Å²) in [6.07, 6.45) is -1.45. The first-order valence-corrected chi connectivity index (χ1v) is 9.25. The minimum atomic E-state index is -4.78. The number of nitrogens with zero attached hydrogens (tertiary/aromatic N) is 2. The Hall–Kier alpha value is -3.10. The van der Waals surface area contributed by atoms with E-state index in [4.69, 9.17) is 22.3 Å². The van der Waals surface area contributed by atoms with Crippen molar-refractivity contribution in [2.24, 2.45) is 5.73 Å². The molecular weight excluding hydrogens is 381 g/mol. The Bertz CT molecular complexity index is 943. The van der Waals surface area contributed by atoms with Crippen LogP contribution >= 0.6 is 0 Å². The van der Waals surface area contributed by atoms with Gasteiger partial charge in [0, 0.05) is 53.4 Å². The molecule has 0 amide bonds. The van der Waals surface area contributed by atoms with Crippen LogP contribution in [0.4, 0.5) is 24.5 Å². The topological polar surface area (TPSA) is 116 Å². The molecule has 0 atom stereocenters. The minimum Gasteiger partial charge on any atom is -0.398 e. The molecule has 9 heteroatoms. The monoisotopic (exact) mass is 406 g/mol. The van der Waals surface area contributed by atoms with Crippen LogP contribution in [0, 0.1) is 10.8 Å². The average Bonchev–Trinajstić information content (AvgIpc) is 2.67. The lowest BCUT2D eigenvalue weighted by molar-refractivity contribution is -0.0919. The first-order valence-electron chi connectivity index (χ1n) is 9.25. The lowest BCUT2D eigenvalue weighted by atomic mass is 10.0. The van der Waals surface area contributed by atoms with E-state index >= 15 is 0 Å². The summed E-state index contributed by atoms with van der Waals surface area (Å²) in [5.41, 5.74) is 11.3. The number of nitrogen functional groups attached to an aromatic ring is 1. The highest BCUT2D eigenvalue weighted by Crippen LogP contribution is 2.35. The highest BCUT2D eigenvalue weighted by molar-refractivity contribution is 6.13. The summed E-state index contributed by atoms with van der Waals surface area (Å²) < 4.78 is 39.6. The average molecular weight is 406 g/mol. The van der Waals surface area contributed by atoms with Gasteiger partial charge < -0.3 is 27.2 Å². The predicted molar refractivity (Wildman–Crippen MR) is 113 cm³/mol. The zero-order valence-electron chi connectivity index (χ0n) is 16.4. The molecule has 156 valence electrons. The summed E-state index contributed by atoms with van der Waals surface area (Å²) in [6.45, 7) is 5.33. The van der Waals surface area contributed by atoms with E-state index in [1.165, 1.54) is 6.07 Å². The van der Waals surface area contributed by atoms with Crippen molar-refractivity contribution in [2.75, 3.05) is 23.7 Å². The Labute approximate surface area is 167 Å². The van der Waals surface area contributed by atoms with Gasteiger partial charge in [-0.2, -0.15) is 13.2 Å². The maximum absolute atomic E-state index is 13.2. The van der Waals surface area contributed by atoms with Gasteiger partial charge >= 0.3 is 6.18 Å². The summed E-state index contributed by atoms with van der Waals surface area (Å²) in [7, 11) is 0. The van der Waals surface area contributed by atoms with Gasteiger partial charge in [-0.3, -0.25) is 0 Å².